The van der Waals surface area contributed by atoms with Gasteiger partial charge in [-0.15, -0.1) is 0 Å². The molecule has 9 nitrogen and oxygen atoms in total. The summed E-state index contributed by atoms with van der Waals surface area (Å²) in [6.45, 7) is 4.63. The fourth-order valence-corrected chi connectivity index (χ4v) is 8.80. The van der Waals surface area contributed by atoms with Gasteiger partial charge in [0.2, 0.25) is 0 Å². The number of nitriles is 1. The van der Waals surface area contributed by atoms with E-state index in [4.69, 9.17) is 0 Å². The third-order valence-corrected chi connectivity index (χ3v) is 11.8. The molecule has 12 heteroatoms. The zero-order chi connectivity index (χ0) is 32.5. The normalized spacial score (nSPS) is 26.4. The highest BCUT2D eigenvalue weighted by Crippen LogP contribution is 2.39. The number of nitrogens with one attached hydrogen (secondary N) is 1. The monoisotopic (exact) mass is 652 g/mol. The molecule has 3 aromatic rings. The van der Waals surface area contributed by atoms with E-state index in [0.717, 1.165) is 45.1 Å². The van der Waals surface area contributed by atoms with Gasteiger partial charge in [-0.05, 0) is 62.8 Å². The molecule has 1 N–H and O–H groups in total. The molecule has 1 atom stereocenters. The molecule has 1 aromatic carbocycles. The number of fused-ring (bicyclic) bond motifs is 9. The van der Waals surface area contributed by atoms with Crippen molar-refractivity contribution in [2.24, 2.45) is 5.92 Å². The summed E-state index contributed by atoms with van der Waals surface area (Å²) >= 11 is 0. The van der Waals surface area contributed by atoms with Gasteiger partial charge < -0.3 is 10.2 Å². The van der Waals surface area contributed by atoms with Crippen LogP contribution in [0.4, 0.5) is 14.6 Å². The number of pyridine rings is 1. The van der Waals surface area contributed by atoms with Crippen LogP contribution in [0.15, 0.2) is 41.5 Å². The maximum absolute atomic E-state index is 15.5. The van der Waals surface area contributed by atoms with Gasteiger partial charge in [-0.3, -0.25) is 9.36 Å². The Kier molecular flexibility index (Phi) is 9.18. The van der Waals surface area contributed by atoms with Gasteiger partial charge in [0.25, 0.3) is 11.5 Å². The number of benzene rings is 1. The minimum absolute atomic E-state index is 0.00822. The van der Waals surface area contributed by atoms with Gasteiger partial charge in [-0.25, -0.2) is 27.2 Å². The lowest BCUT2D eigenvalue weighted by molar-refractivity contribution is -0.0568. The maximum atomic E-state index is 15.5. The molecule has 0 unspecified atom stereocenters. The highest BCUT2D eigenvalue weighted by molar-refractivity contribution is 7.91. The number of nitrogens with zero attached hydrogens (tertiary/aromatic N) is 5. The van der Waals surface area contributed by atoms with E-state index in [2.05, 4.69) is 26.3 Å². The molecule has 0 saturated carbocycles. The first-order valence-electron chi connectivity index (χ1n) is 16.5. The summed E-state index contributed by atoms with van der Waals surface area (Å²) in [4.78, 5) is 25.4. The van der Waals surface area contributed by atoms with Crippen LogP contribution in [0.5, 0.6) is 0 Å². The highest BCUT2D eigenvalue weighted by atomic mass is 32.2. The summed E-state index contributed by atoms with van der Waals surface area (Å²) in [6, 6.07) is 10.0. The summed E-state index contributed by atoms with van der Waals surface area (Å²) in [7, 11) is -3.29. The van der Waals surface area contributed by atoms with Crippen LogP contribution >= 0.6 is 0 Å². The molecule has 2 fully saturated rings. The lowest BCUT2D eigenvalue weighted by Gasteiger charge is -2.41. The second-order valence-corrected chi connectivity index (χ2v) is 15.8. The first-order chi connectivity index (χ1) is 22.0. The molecule has 46 heavy (non-hydrogen) atoms. The summed E-state index contributed by atoms with van der Waals surface area (Å²) in [5, 5.41) is 14.3. The molecular formula is C34H42F2N6O3S. The highest BCUT2D eigenvalue weighted by Gasteiger charge is 2.42. The summed E-state index contributed by atoms with van der Waals surface area (Å²) in [5.74, 6) is -2.88. The van der Waals surface area contributed by atoms with Crippen LogP contribution in [0, 0.1) is 17.2 Å². The Morgan fingerprint density at radius 2 is 1.70 bits per heavy atom. The number of hydrogen-bond donors (Lipinski definition) is 1. The van der Waals surface area contributed by atoms with Gasteiger partial charge in [-0.1, -0.05) is 43.9 Å². The van der Waals surface area contributed by atoms with Crippen molar-refractivity contribution in [1.29, 1.82) is 5.26 Å². The van der Waals surface area contributed by atoms with E-state index >= 15 is 8.78 Å². The van der Waals surface area contributed by atoms with Crippen molar-refractivity contribution < 1.29 is 17.2 Å². The number of halogens is 2. The summed E-state index contributed by atoms with van der Waals surface area (Å²) in [6.07, 6.45) is 7.13. The molecule has 246 valence electrons. The molecular weight excluding hydrogens is 610 g/mol. The Hall–Kier alpha value is -3.43. The summed E-state index contributed by atoms with van der Waals surface area (Å²) in [5.41, 5.74) is -0.243. The van der Waals surface area contributed by atoms with E-state index < -0.39 is 27.2 Å². The number of aryl methyl sites for hydroxylation is 1. The van der Waals surface area contributed by atoms with Crippen molar-refractivity contribution in [3.05, 3.63) is 63.7 Å². The zero-order valence-corrected chi connectivity index (χ0v) is 27.2. The van der Waals surface area contributed by atoms with Crippen molar-refractivity contribution in [1.82, 2.24) is 19.4 Å². The number of hydrogen-bond acceptors (Lipinski definition) is 8. The van der Waals surface area contributed by atoms with E-state index in [1.54, 1.807) is 28.8 Å². The van der Waals surface area contributed by atoms with Gasteiger partial charge in [0.15, 0.2) is 0 Å². The quantitative estimate of drug-likeness (QED) is 0.355. The smallest absolute Gasteiger partial charge is 0.273 e. The lowest BCUT2D eigenvalue weighted by atomic mass is 9.77. The molecule has 0 radical (unpaired) electrons. The fourth-order valence-electron chi connectivity index (χ4n) is 7.28. The number of anilines is 1. The van der Waals surface area contributed by atoms with E-state index in [1.807, 2.05) is 6.92 Å². The van der Waals surface area contributed by atoms with Crippen LogP contribution in [-0.4, -0.2) is 59.0 Å². The number of aromatic nitrogens is 3. The number of sulfone groups is 1. The third-order valence-electron chi connectivity index (χ3n) is 10.1. The standard InChI is InChI=1S/C34H42F2N6O3S/c1-24-26-9-8-10-27(17-26)34(35,36)19-25-20-41(21-25)13-6-4-2-3-5-7-14-42-31-28(30(40-24)38-23-39-31)18-29(32(42)43)33(22-37)11-15-46(44,45)16-12-33/h8-10,17-18,23-25H,2-7,11-16,19-21H2,1H3,(H,38,39,40)/t24-/m1/s1. The average Bonchev–Trinajstić information content (AvgIpc) is 3.01. The summed E-state index contributed by atoms with van der Waals surface area (Å²) < 4.78 is 57.2. The maximum Gasteiger partial charge on any atom is 0.273 e. The molecule has 2 saturated heterocycles. The van der Waals surface area contributed by atoms with Gasteiger partial charge >= 0.3 is 0 Å². The Morgan fingerprint density at radius 3 is 2.41 bits per heavy atom. The van der Waals surface area contributed by atoms with Crippen molar-refractivity contribution in [3.8, 4) is 6.07 Å². The van der Waals surface area contributed by atoms with Crippen molar-refractivity contribution in [3.63, 3.8) is 0 Å². The second kappa shape index (κ2) is 13.0. The van der Waals surface area contributed by atoms with Gasteiger partial charge in [0.05, 0.1) is 28.4 Å². The largest absolute Gasteiger partial charge is 0.363 e. The van der Waals surface area contributed by atoms with Crippen LogP contribution in [0.3, 0.4) is 0 Å². The van der Waals surface area contributed by atoms with Crippen LogP contribution in [-0.2, 0) is 27.7 Å². The Labute approximate surface area is 269 Å². The Morgan fingerprint density at radius 1 is 1.00 bits per heavy atom. The Bertz CT molecular complexity index is 1780. The van der Waals surface area contributed by atoms with E-state index in [0.29, 0.717) is 42.0 Å². The average molecular weight is 653 g/mol. The topological polar surface area (TPSA) is 121 Å². The number of alkyl halides is 2. The molecule has 0 aliphatic carbocycles. The third kappa shape index (κ3) is 6.67. The molecule has 8 bridgehead atoms. The van der Waals surface area contributed by atoms with Gasteiger partial charge in [-0.2, -0.15) is 5.26 Å². The first kappa shape index (κ1) is 32.5. The van der Waals surface area contributed by atoms with Crippen LogP contribution in [0.1, 0.15) is 87.4 Å². The fraction of sp³-hybridized carbons (Fsp3) is 0.588. The molecule has 4 aliphatic heterocycles. The molecule has 4 aliphatic rings. The predicted molar refractivity (Wildman–Crippen MR) is 174 cm³/mol. The molecule has 2 aromatic heterocycles. The minimum atomic E-state index is -3.29. The van der Waals surface area contributed by atoms with Crippen molar-refractivity contribution >= 4 is 26.7 Å². The predicted octanol–water partition coefficient (Wildman–Crippen LogP) is 5.70. The van der Waals surface area contributed by atoms with E-state index in [1.165, 1.54) is 12.4 Å². The minimum Gasteiger partial charge on any atom is -0.363 e. The lowest BCUT2D eigenvalue weighted by Crippen LogP contribution is -2.48. The van der Waals surface area contributed by atoms with Crippen LogP contribution < -0.4 is 10.9 Å². The Balaban J connectivity index is 1.40. The molecule has 6 heterocycles. The van der Waals surface area contributed by atoms with E-state index in [-0.39, 0.29) is 53.4 Å². The molecule has 7 rings (SSSR count). The van der Waals surface area contributed by atoms with Crippen LogP contribution in [0.25, 0.3) is 11.0 Å². The number of rotatable bonds is 1. The van der Waals surface area contributed by atoms with E-state index in [9.17, 15) is 18.5 Å². The molecule has 0 amide bonds. The van der Waals surface area contributed by atoms with Gasteiger partial charge in [0, 0.05) is 43.2 Å². The van der Waals surface area contributed by atoms with Crippen LogP contribution in [0.2, 0.25) is 0 Å². The van der Waals surface area contributed by atoms with Crippen molar-refractivity contribution in [2.75, 3.05) is 36.5 Å². The zero-order valence-electron chi connectivity index (χ0n) is 26.4. The second-order valence-electron chi connectivity index (χ2n) is 13.5. The molecule has 0 spiro atoms. The first-order valence-corrected chi connectivity index (χ1v) is 18.3. The van der Waals surface area contributed by atoms with Gasteiger partial charge in [0.1, 0.15) is 27.6 Å². The SMILES string of the molecule is C[C@H]1Nc2ncnc3c2cc(C2(C#N)CCS(=O)(=O)CC2)c(=O)n3CCCCCCCCN2CC(C2)CC(F)(F)c2cccc1c2. The van der Waals surface area contributed by atoms with Crippen molar-refractivity contribution in [2.45, 2.75) is 88.6 Å².